The molecule has 6 nitrogen and oxygen atoms in total. The van der Waals surface area contributed by atoms with Crippen LogP contribution >= 0.6 is 0 Å². The molecule has 0 aromatic rings. The highest BCUT2D eigenvalue weighted by Crippen LogP contribution is 2.15. The normalized spacial score (nSPS) is 12.5. The van der Waals surface area contributed by atoms with Crippen molar-refractivity contribution in [2.45, 2.75) is 297 Å². The molecule has 0 saturated heterocycles. The molecule has 0 aliphatic rings. The first-order valence-corrected chi connectivity index (χ1v) is 28.8. The van der Waals surface area contributed by atoms with Gasteiger partial charge in [-0.2, -0.15) is 0 Å². The Hall–Kier alpha value is -2.89. The third kappa shape index (κ3) is 53.9. The maximum Gasteiger partial charge on any atom is 0.306 e. The van der Waals surface area contributed by atoms with Crippen LogP contribution in [-0.4, -0.2) is 37.2 Å². The molecule has 0 aromatic heterocycles. The summed E-state index contributed by atoms with van der Waals surface area (Å²) in [6.07, 6.45) is 69.2. The summed E-state index contributed by atoms with van der Waals surface area (Å²) in [6, 6.07) is 0. The van der Waals surface area contributed by atoms with Crippen LogP contribution in [0.4, 0.5) is 0 Å². The molecule has 67 heavy (non-hydrogen) atoms. The Morgan fingerprint density at radius 1 is 0.299 bits per heavy atom. The molecule has 0 radical (unpaired) electrons. The average molecular weight is 938 g/mol. The van der Waals surface area contributed by atoms with Gasteiger partial charge < -0.3 is 14.2 Å². The minimum absolute atomic E-state index is 0.0821. The number of hydrogen-bond donors (Lipinski definition) is 0. The first-order chi connectivity index (χ1) is 33.0. The third-order valence-corrected chi connectivity index (χ3v) is 12.5. The molecule has 0 aromatic carbocycles. The first-order valence-electron chi connectivity index (χ1n) is 28.8. The zero-order chi connectivity index (χ0) is 48.6. The van der Waals surface area contributed by atoms with Crippen LogP contribution in [-0.2, 0) is 28.6 Å². The molecule has 0 amide bonds. The van der Waals surface area contributed by atoms with Crippen LogP contribution in [0, 0.1) is 0 Å². The van der Waals surface area contributed by atoms with Crippen LogP contribution in [0.5, 0.6) is 0 Å². The SMILES string of the molecule is CCCCCC/C=C\C/C=C\CCCCCCCC(=O)OC(COC(=O)CCCCCCCC/C=C\C/C=C\C/C=C\CCCCCCC)COC(=O)CCCCCCCCCCCCCC. The second-order valence-electron chi connectivity index (χ2n) is 19.2. The molecule has 0 fully saturated rings. The van der Waals surface area contributed by atoms with Crippen LogP contribution in [0.3, 0.4) is 0 Å². The lowest BCUT2D eigenvalue weighted by atomic mass is 10.0. The molecular weight excluding hydrogens is 829 g/mol. The zero-order valence-electron chi connectivity index (χ0n) is 44.4. The van der Waals surface area contributed by atoms with E-state index in [0.717, 1.165) is 103 Å². The van der Waals surface area contributed by atoms with Gasteiger partial charge in [0.15, 0.2) is 6.10 Å². The largest absolute Gasteiger partial charge is 0.462 e. The summed E-state index contributed by atoms with van der Waals surface area (Å²) >= 11 is 0. The van der Waals surface area contributed by atoms with Gasteiger partial charge in [-0.25, -0.2) is 0 Å². The number of allylic oxidation sites excluding steroid dienone is 10. The maximum atomic E-state index is 12.8. The first kappa shape index (κ1) is 64.1. The van der Waals surface area contributed by atoms with Crippen LogP contribution in [0.1, 0.15) is 290 Å². The fourth-order valence-corrected chi connectivity index (χ4v) is 8.13. The van der Waals surface area contributed by atoms with Crippen molar-refractivity contribution in [2.24, 2.45) is 0 Å². The lowest BCUT2D eigenvalue weighted by Crippen LogP contribution is -2.30. The van der Waals surface area contributed by atoms with Crippen molar-refractivity contribution in [2.75, 3.05) is 13.2 Å². The van der Waals surface area contributed by atoms with Gasteiger partial charge in [-0.1, -0.05) is 242 Å². The van der Waals surface area contributed by atoms with Gasteiger partial charge in [0.05, 0.1) is 0 Å². The maximum absolute atomic E-state index is 12.8. The van der Waals surface area contributed by atoms with Crippen molar-refractivity contribution in [1.29, 1.82) is 0 Å². The van der Waals surface area contributed by atoms with Gasteiger partial charge in [0.2, 0.25) is 0 Å². The van der Waals surface area contributed by atoms with Crippen molar-refractivity contribution in [1.82, 2.24) is 0 Å². The van der Waals surface area contributed by atoms with Gasteiger partial charge in [-0.15, -0.1) is 0 Å². The summed E-state index contributed by atoms with van der Waals surface area (Å²) in [5, 5.41) is 0. The van der Waals surface area contributed by atoms with Crippen LogP contribution < -0.4 is 0 Å². The van der Waals surface area contributed by atoms with Gasteiger partial charge in [0, 0.05) is 19.3 Å². The van der Waals surface area contributed by atoms with Gasteiger partial charge in [-0.05, 0) is 89.9 Å². The van der Waals surface area contributed by atoms with E-state index in [-0.39, 0.29) is 31.1 Å². The van der Waals surface area contributed by atoms with Crippen LogP contribution in [0.2, 0.25) is 0 Å². The van der Waals surface area contributed by atoms with Crippen molar-refractivity contribution in [3.63, 3.8) is 0 Å². The molecule has 0 aliphatic carbocycles. The Balaban J connectivity index is 4.38. The highest BCUT2D eigenvalue weighted by Gasteiger charge is 2.19. The highest BCUT2D eigenvalue weighted by molar-refractivity contribution is 5.71. The number of esters is 3. The molecule has 0 heterocycles. The van der Waals surface area contributed by atoms with E-state index in [1.807, 2.05) is 0 Å². The summed E-state index contributed by atoms with van der Waals surface area (Å²) in [7, 11) is 0. The van der Waals surface area contributed by atoms with Gasteiger partial charge in [-0.3, -0.25) is 14.4 Å². The van der Waals surface area contributed by atoms with Crippen molar-refractivity contribution < 1.29 is 28.6 Å². The predicted octanol–water partition coefficient (Wildman–Crippen LogP) is 19.2. The van der Waals surface area contributed by atoms with Gasteiger partial charge in [0.25, 0.3) is 0 Å². The summed E-state index contributed by atoms with van der Waals surface area (Å²) in [4.78, 5) is 38.1. The number of unbranched alkanes of at least 4 members (excludes halogenated alkanes) is 31. The van der Waals surface area contributed by atoms with Crippen molar-refractivity contribution in [3.8, 4) is 0 Å². The molecule has 0 N–H and O–H groups in total. The number of carbonyl (C=O) groups is 3. The monoisotopic (exact) mass is 937 g/mol. The quantitative estimate of drug-likeness (QED) is 0.0262. The number of carbonyl (C=O) groups excluding carboxylic acids is 3. The Bertz CT molecular complexity index is 1210. The Morgan fingerprint density at radius 3 is 0.851 bits per heavy atom. The van der Waals surface area contributed by atoms with Crippen molar-refractivity contribution >= 4 is 17.9 Å². The second kappa shape index (κ2) is 55.7. The molecule has 6 heteroatoms. The zero-order valence-corrected chi connectivity index (χ0v) is 44.4. The molecule has 1 atom stereocenters. The Labute approximate surface area is 415 Å². The Morgan fingerprint density at radius 2 is 0.537 bits per heavy atom. The number of ether oxygens (including phenoxy) is 3. The second-order valence-corrected chi connectivity index (χ2v) is 19.2. The number of hydrogen-bond acceptors (Lipinski definition) is 6. The molecular formula is C61H108O6. The van der Waals surface area contributed by atoms with Crippen LogP contribution in [0.15, 0.2) is 60.8 Å². The molecule has 1 unspecified atom stereocenters. The Kier molecular flexibility index (Phi) is 53.3. The summed E-state index contributed by atoms with van der Waals surface area (Å²) < 4.78 is 16.8. The topological polar surface area (TPSA) is 78.9 Å². The van der Waals surface area contributed by atoms with Crippen molar-refractivity contribution in [3.05, 3.63) is 60.8 Å². The van der Waals surface area contributed by atoms with E-state index in [1.54, 1.807) is 0 Å². The predicted molar refractivity (Wildman–Crippen MR) is 288 cm³/mol. The van der Waals surface area contributed by atoms with Crippen LogP contribution in [0.25, 0.3) is 0 Å². The molecule has 0 spiro atoms. The third-order valence-electron chi connectivity index (χ3n) is 12.5. The summed E-state index contributed by atoms with van der Waals surface area (Å²) in [5.41, 5.74) is 0. The molecule has 0 saturated carbocycles. The minimum atomic E-state index is -0.785. The lowest BCUT2D eigenvalue weighted by molar-refractivity contribution is -0.167. The standard InChI is InChI=1S/C61H108O6/c1-4-7-10-13-16-19-22-25-27-29-30-31-32-33-35-36-39-42-45-48-51-54-60(63)66-57-58(56-65-59(62)53-50-47-44-41-38-24-21-18-15-12-9-6-3)67-61(64)55-52-49-46-43-40-37-34-28-26-23-20-17-14-11-8-5-2/h20,22-23,25,28-30,32-34,58H,4-19,21,24,26-27,31,35-57H2,1-3H3/b23-20-,25-22-,30-29-,33-32-,34-28-. The molecule has 0 bridgehead atoms. The highest BCUT2D eigenvalue weighted by atomic mass is 16.6. The fourth-order valence-electron chi connectivity index (χ4n) is 8.13. The van der Waals surface area contributed by atoms with E-state index in [0.29, 0.717) is 19.3 Å². The summed E-state index contributed by atoms with van der Waals surface area (Å²) in [6.45, 7) is 6.61. The van der Waals surface area contributed by atoms with E-state index < -0.39 is 6.10 Å². The van der Waals surface area contributed by atoms with E-state index in [9.17, 15) is 14.4 Å². The van der Waals surface area contributed by atoms with E-state index in [4.69, 9.17) is 14.2 Å². The molecule has 388 valence electrons. The lowest BCUT2D eigenvalue weighted by Gasteiger charge is -2.18. The number of rotatable bonds is 52. The van der Waals surface area contributed by atoms with Gasteiger partial charge in [0.1, 0.15) is 13.2 Å². The van der Waals surface area contributed by atoms with E-state index in [1.165, 1.54) is 148 Å². The fraction of sp³-hybridized carbons (Fsp3) is 0.787. The minimum Gasteiger partial charge on any atom is -0.462 e. The summed E-state index contributed by atoms with van der Waals surface area (Å²) in [5.74, 6) is -0.899. The smallest absolute Gasteiger partial charge is 0.306 e. The van der Waals surface area contributed by atoms with E-state index in [2.05, 4.69) is 81.5 Å². The molecule has 0 rings (SSSR count). The van der Waals surface area contributed by atoms with Gasteiger partial charge >= 0.3 is 17.9 Å². The molecule has 0 aliphatic heterocycles. The average Bonchev–Trinajstić information content (AvgIpc) is 3.33. The van der Waals surface area contributed by atoms with E-state index >= 15 is 0 Å².